The van der Waals surface area contributed by atoms with E-state index in [1.165, 1.54) is 0 Å². The Bertz CT molecular complexity index is 671. The molecule has 0 saturated carbocycles. The summed E-state index contributed by atoms with van der Waals surface area (Å²) in [6, 6.07) is 13.8. The third-order valence-electron chi connectivity index (χ3n) is 3.03. The molecule has 0 saturated heterocycles. The molecule has 6 heteroatoms. The van der Waals surface area contributed by atoms with Crippen molar-refractivity contribution >= 4 is 23.5 Å². The molecule has 0 aliphatic heterocycles. The second-order valence-corrected chi connectivity index (χ2v) is 5.16. The number of carbonyl (C=O) groups is 2. The van der Waals surface area contributed by atoms with Crippen molar-refractivity contribution in [3.8, 4) is 0 Å². The zero-order chi connectivity index (χ0) is 15.9. The molecule has 114 valence electrons. The molecule has 2 aromatic carbocycles. The minimum atomic E-state index is -0.492. The van der Waals surface area contributed by atoms with Crippen LogP contribution in [0.3, 0.4) is 0 Å². The number of rotatable bonds is 5. The van der Waals surface area contributed by atoms with Crippen LogP contribution < -0.4 is 16.4 Å². The third kappa shape index (κ3) is 4.79. The summed E-state index contributed by atoms with van der Waals surface area (Å²) in [4.78, 5) is 22.8. The first kappa shape index (κ1) is 15.9. The van der Waals surface area contributed by atoms with Crippen molar-refractivity contribution in [3.63, 3.8) is 0 Å². The Balaban J connectivity index is 1.81. The first-order chi connectivity index (χ1) is 10.5. The second kappa shape index (κ2) is 7.47. The molecule has 2 rings (SSSR count). The summed E-state index contributed by atoms with van der Waals surface area (Å²) >= 11 is 5.79. The lowest BCUT2D eigenvalue weighted by Gasteiger charge is -2.08. The van der Waals surface area contributed by atoms with Crippen molar-refractivity contribution in [1.29, 1.82) is 0 Å². The minimum Gasteiger partial charge on any atom is -0.366 e. The van der Waals surface area contributed by atoms with Crippen molar-refractivity contribution < 1.29 is 9.59 Å². The molecular weight excluding hydrogens is 302 g/mol. The number of carbonyl (C=O) groups excluding carboxylic acids is 2. The predicted molar refractivity (Wildman–Crippen MR) is 85.5 cm³/mol. The predicted octanol–water partition coefficient (Wildman–Crippen LogP) is 2.44. The van der Waals surface area contributed by atoms with Crippen LogP contribution >= 0.6 is 11.6 Å². The van der Waals surface area contributed by atoms with Gasteiger partial charge in [0.2, 0.25) is 5.91 Å². The normalized spacial score (nSPS) is 10.0. The van der Waals surface area contributed by atoms with Crippen molar-refractivity contribution in [2.24, 2.45) is 5.73 Å². The summed E-state index contributed by atoms with van der Waals surface area (Å²) in [6.45, 7) is 0.720. The van der Waals surface area contributed by atoms with Gasteiger partial charge in [0.1, 0.15) is 0 Å². The Kier molecular flexibility index (Phi) is 5.38. The Morgan fingerprint density at radius 1 is 0.955 bits per heavy atom. The molecule has 0 fully saturated rings. The van der Waals surface area contributed by atoms with Crippen LogP contribution in [-0.2, 0) is 13.1 Å². The van der Waals surface area contributed by atoms with E-state index in [1.807, 2.05) is 18.2 Å². The number of amides is 3. The smallest absolute Gasteiger partial charge is 0.315 e. The van der Waals surface area contributed by atoms with E-state index >= 15 is 0 Å². The van der Waals surface area contributed by atoms with Gasteiger partial charge in [0.05, 0.1) is 0 Å². The number of nitrogens with one attached hydrogen (secondary N) is 2. The molecule has 0 unspecified atom stereocenters. The first-order valence-electron chi connectivity index (χ1n) is 6.69. The van der Waals surface area contributed by atoms with E-state index in [-0.39, 0.29) is 6.03 Å². The average molecular weight is 318 g/mol. The molecule has 0 aliphatic rings. The van der Waals surface area contributed by atoms with E-state index in [0.717, 1.165) is 11.1 Å². The van der Waals surface area contributed by atoms with Gasteiger partial charge >= 0.3 is 6.03 Å². The van der Waals surface area contributed by atoms with Crippen LogP contribution in [0.15, 0.2) is 48.5 Å². The van der Waals surface area contributed by atoms with E-state index in [9.17, 15) is 9.59 Å². The fourth-order valence-corrected chi connectivity index (χ4v) is 1.99. The van der Waals surface area contributed by atoms with E-state index in [2.05, 4.69) is 10.6 Å². The Hall–Kier alpha value is -2.53. The standard InChI is InChI=1S/C16H16ClN3O2/c17-14-6-4-11(5-7-14)9-19-16(22)20-10-12-2-1-3-13(8-12)15(18)21/h1-8H,9-10H2,(H2,18,21)(H2,19,20,22). The number of hydrogen-bond acceptors (Lipinski definition) is 2. The zero-order valence-corrected chi connectivity index (χ0v) is 12.6. The van der Waals surface area contributed by atoms with Crippen LogP contribution in [-0.4, -0.2) is 11.9 Å². The fraction of sp³-hybridized carbons (Fsp3) is 0.125. The highest BCUT2D eigenvalue weighted by atomic mass is 35.5. The summed E-state index contributed by atoms with van der Waals surface area (Å²) in [7, 11) is 0. The fourth-order valence-electron chi connectivity index (χ4n) is 1.86. The van der Waals surface area contributed by atoms with E-state index < -0.39 is 5.91 Å². The summed E-state index contributed by atoms with van der Waals surface area (Å²) in [6.07, 6.45) is 0. The highest BCUT2D eigenvalue weighted by Crippen LogP contribution is 2.09. The highest BCUT2D eigenvalue weighted by Gasteiger charge is 2.04. The molecule has 0 heterocycles. The van der Waals surface area contributed by atoms with Crippen molar-refractivity contribution in [2.75, 3.05) is 0 Å². The average Bonchev–Trinajstić information content (AvgIpc) is 2.52. The summed E-state index contributed by atoms with van der Waals surface area (Å²) in [5.74, 6) is -0.492. The molecule has 0 aliphatic carbocycles. The molecule has 0 aromatic heterocycles. The van der Waals surface area contributed by atoms with Crippen LogP contribution in [0.25, 0.3) is 0 Å². The minimum absolute atomic E-state index is 0.292. The van der Waals surface area contributed by atoms with Gasteiger partial charge in [-0.05, 0) is 35.4 Å². The molecule has 4 N–H and O–H groups in total. The molecule has 22 heavy (non-hydrogen) atoms. The summed E-state index contributed by atoms with van der Waals surface area (Å²) in [5, 5.41) is 6.11. The monoisotopic (exact) mass is 317 g/mol. The van der Waals surface area contributed by atoms with Crippen LogP contribution in [0.5, 0.6) is 0 Å². The lowest BCUT2D eigenvalue weighted by Crippen LogP contribution is -2.34. The molecule has 2 aromatic rings. The van der Waals surface area contributed by atoms with Crippen LogP contribution in [0.4, 0.5) is 4.79 Å². The van der Waals surface area contributed by atoms with Gasteiger partial charge in [-0.15, -0.1) is 0 Å². The Morgan fingerprint density at radius 2 is 1.59 bits per heavy atom. The number of urea groups is 1. The molecule has 0 bridgehead atoms. The van der Waals surface area contributed by atoms with Gasteiger partial charge in [0.15, 0.2) is 0 Å². The Labute approximate surface area is 133 Å². The van der Waals surface area contributed by atoms with Crippen LogP contribution in [0.2, 0.25) is 5.02 Å². The van der Waals surface area contributed by atoms with Crippen LogP contribution in [0.1, 0.15) is 21.5 Å². The van der Waals surface area contributed by atoms with Gasteiger partial charge < -0.3 is 16.4 Å². The molecular formula is C16H16ClN3O2. The van der Waals surface area contributed by atoms with Gasteiger partial charge in [-0.2, -0.15) is 0 Å². The second-order valence-electron chi connectivity index (χ2n) is 4.73. The van der Waals surface area contributed by atoms with E-state index in [0.29, 0.717) is 23.7 Å². The zero-order valence-electron chi connectivity index (χ0n) is 11.8. The summed E-state index contributed by atoms with van der Waals surface area (Å²) < 4.78 is 0. The SMILES string of the molecule is NC(=O)c1cccc(CNC(=O)NCc2ccc(Cl)cc2)c1. The van der Waals surface area contributed by atoms with Crippen LogP contribution in [0, 0.1) is 0 Å². The Morgan fingerprint density at radius 3 is 2.23 bits per heavy atom. The molecule has 0 atom stereocenters. The molecule has 5 nitrogen and oxygen atoms in total. The number of nitrogens with two attached hydrogens (primary N) is 1. The van der Waals surface area contributed by atoms with Crippen molar-refractivity contribution in [3.05, 3.63) is 70.2 Å². The van der Waals surface area contributed by atoms with Gasteiger partial charge in [0, 0.05) is 23.7 Å². The van der Waals surface area contributed by atoms with Gasteiger partial charge in [0.25, 0.3) is 0 Å². The third-order valence-corrected chi connectivity index (χ3v) is 3.28. The van der Waals surface area contributed by atoms with E-state index in [4.69, 9.17) is 17.3 Å². The number of primary amides is 1. The number of benzene rings is 2. The van der Waals surface area contributed by atoms with Gasteiger partial charge in [-0.25, -0.2) is 4.79 Å². The van der Waals surface area contributed by atoms with Crippen molar-refractivity contribution in [2.45, 2.75) is 13.1 Å². The lowest BCUT2D eigenvalue weighted by molar-refractivity contribution is 0.1000. The highest BCUT2D eigenvalue weighted by molar-refractivity contribution is 6.30. The van der Waals surface area contributed by atoms with Gasteiger partial charge in [-0.3, -0.25) is 4.79 Å². The first-order valence-corrected chi connectivity index (χ1v) is 7.07. The summed E-state index contributed by atoms with van der Waals surface area (Å²) in [5.41, 5.74) is 7.39. The largest absolute Gasteiger partial charge is 0.366 e. The number of hydrogen-bond donors (Lipinski definition) is 3. The topological polar surface area (TPSA) is 84.2 Å². The molecule has 0 spiro atoms. The van der Waals surface area contributed by atoms with E-state index in [1.54, 1.807) is 30.3 Å². The maximum absolute atomic E-state index is 11.7. The lowest BCUT2D eigenvalue weighted by atomic mass is 10.1. The maximum Gasteiger partial charge on any atom is 0.315 e. The number of halogens is 1. The van der Waals surface area contributed by atoms with Gasteiger partial charge in [-0.1, -0.05) is 35.9 Å². The quantitative estimate of drug-likeness (QED) is 0.791. The maximum atomic E-state index is 11.7. The molecule has 0 radical (unpaired) electrons. The molecule has 3 amide bonds. The van der Waals surface area contributed by atoms with Crippen molar-refractivity contribution in [1.82, 2.24) is 10.6 Å².